The Bertz CT molecular complexity index is 823. The van der Waals surface area contributed by atoms with Crippen molar-refractivity contribution in [1.29, 1.82) is 0 Å². The molecule has 146 valence electrons. The molecule has 7 nitrogen and oxygen atoms in total. The number of carbonyl (C=O) groups excluding carboxylic acids is 2. The molecule has 27 heavy (non-hydrogen) atoms. The van der Waals surface area contributed by atoms with Gasteiger partial charge in [0.2, 0.25) is 0 Å². The Labute approximate surface area is 163 Å². The molecule has 0 aromatic heterocycles. The van der Waals surface area contributed by atoms with Crippen LogP contribution >= 0.6 is 11.6 Å². The van der Waals surface area contributed by atoms with Gasteiger partial charge in [0, 0.05) is 25.4 Å². The molecule has 2 amide bonds. The van der Waals surface area contributed by atoms with Crippen molar-refractivity contribution in [1.82, 2.24) is 9.80 Å². The van der Waals surface area contributed by atoms with Crippen molar-refractivity contribution in [3.05, 3.63) is 40.1 Å². The van der Waals surface area contributed by atoms with E-state index in [4.69, 9.17) is 26.8 Å². The molecule has 2 atom stereocenters. The number of likely N-dealkylation sites (N-methyl/N-ethyl adjacent to an activating group) is 1. The molecule has 2 heterocycles. The van der Waals surface area contributed by atoms with E-state index in [1.807, 2.05) is 19.1 Å². The monoisotopic (exact) mass is 393 g/mol. The fourth-order valence-corrected chi connectivity index (χ4v) is 3.96. The number of fused-ring (bicyclic) bond motifs is 1. The number of rotatable bonds is 4. The lowest BCUT2D eigenvalue weighted by atomic mass is 9.89. The first kappa shape index (κ1) is 19.7. The molecule has 0 saturated carbocycles. The van der Waals surface area contributed by atoms with Crippen molar-refractivity contribution in [2.45, 2.75) is 38.1 Å². The summed E-state index contributed by atoms with van der Waals surface area (Å²) in [6.07, 6.45) is 0.374. The minimum absolute atomic E-state index is 0.148. The maximum Gasteiger partial charge on any atom is 0.325 e. The number of nitrogens with two attached hydrogens (primary N) is 1. The molecule has 2 aliphatic heterocycles. The van der Waals surface area contributed by atoms with E-state index in [2.05, 4.69) is 0 Å². The molecule has 0 aliphatic carbocycles. The summed E-state index contributed by atoms with van der Waals surface area (Å²) < 4.78 is 10.4. The molecule has 0 fully saturated rings. The van der Waals surface area contributed by atoms with Gasteiger partial charge >= 0.3 is 12.0 Å². The van der Waals surface area contributed by atoms with Crippen molar-refractivity contribution >= 4 is 29.2 Å². The average Bonchev–Trinajstić information content (AvgIpc) is 3.16. The summed E-state index contributed by atoms with van der Waals surface area (Å²) in [5, 5.41) is 0. The second-order valence-corrected chi connectivity index (χ2v) is 7.26. The SMILES string of the molecule is COC(=O)[C@@H](N)Cc1ccc(C2=C(C)N(C)C(=O)N(C)C2Cl)c2c1COC2. The van der Waals surface area contributed by atoms with Crippen molar-refractivity contribution < 1.29 is 19.1 Å². The number of methoxy groups -OCH3 is 1. The molecule has 0 radical (unpaired) electrons. The van der Waals surface area contributed by atoms with Gasteiger partial charge in [0.05, 0.1) is 20.3 Å². The molecule has 0 saturated heterocycles. The highest BCUT2D eigenvalue weighted by Gasteiger charge is 2.35. The molecule has 1 unspecified atom stereocenters. The Balaban J connectivity index is 2.05. The number of allylic oxidation sites excluding steroid dienone is 1. The van der Waals surface area contributed by atoms with Gasteiger partial charge in [0.25, 0.3) is 0 Å². The summed E-state index contributed by atoms with van der Waals surface area (Å²) in [6, 6.07) is 3.05. The number of esters is 1. The average molecular weight is 394 g/mol. The van der Waals surface area contributed by atoms with Crippen molar-refractivity contribution in [2.24, 2.45) is 5.73 Å². The van der Waals surface area contributed by atoms with E-state index in [0.717, 1.165) is 33.5 Å². The lowest BCUT2D eigenvalue weighted by Gasteiger charge is -2.38. The standard InChI is InChI=1S/C19H24ClN3O4/c1-10-16(17(20)23(3)19(25)22(10)2)12-6-5-11(7-15(21)18(24)26-4)13-8-27-9-14(12)13/h5-6,15,17H,7-9,21H2,1-4H3/t15-,17?/m0/s1. The smallest absolute Gasteiger partial charge is 0.325 e. The van der Waals surface area contributed by atoms with Crippen LogP contribution in [0.5, 0.6) is 0 Å². The Kier molecular flexibility index (Phi) is 5.46. The topological polar surface area (TPSA) is 85.1 Å². The fourth-order valence-electron chi connectivity index (χ4n) is 3.60. The predicted molar refractivity (Wildman–Crippen MR) is 102 cm³/mol. The summed E-state index contributed by atoms with van der Waals surface area (Å²) >= 11 is 6.61. The predicted octanol–water partition coefficient (Wildman–Crippen LogP) is 2.05. The second-order valence-electron chi connectivity index (χ2n) is 6.84. The van der Waals surface area contributed by atoms with Gasteiger partial charge in [-0.3, -0.25) is 4.79 Å². The summed E-state index contributed by atoms with van der Waals surface area (Å²) in [6.45, 7) is 2.79. The lowest BCUT2D eigenvalue weighted by molar-refractivity contribution is -0.142. The summed E-state index contributed by atoms with van der Waals surface area (Å²) in [7, 11) is 4.74. The van der Waals surface area contributed by atoms with Crippen molar-refractivity contribution in [2.75, 3.05) is 21.2 Å². The first-order valence-electron chi connectivity index (χ1n) is 8.68. The zero-order chi connectivity index (χ0) is 19.9. The Hall–Kier alpha value is -2.09. The van der Waals surface area contributed by atoms with E-state index < -0.39 is 17.5 Å². The van der Waals surface area contributed by atoms with Crippen LogP contribution in [0.25, 0.3) is 5.57 Å². The van der Waals surface area contributed by atoms with Gasteiger partial charge in [-0.15, -0.1) is 0 Å². The van der Waals surface area contributed by atoms with Crippen molar-refractivity contribution in [3.63, 3.8) is 0 Å². The molecule has 2 aliphatic rings. The summed E-state index contributed by atoms with van der Waals surface area (Å²) in [4.78, 5) is 27.1. The Morgan fingerprint density at radius 1 is 1.37 bits per heavy atom. The first-order valence-corrected chi connectivity index (χ1v) is 9.12. The summed E-state index contributed by atoms with van der Waals surface area (Å²) in [5.74, 6) is -0.444. The van der Waals surface area contributed by atoms with Crippen LogP contribution in [0.3, 0.4) is 0 Å². The van der Waals surface area contributed by atoms with Crippen LogP contribution < -0.4 is 5.73 Å². The van der Waals surface area contributed by atoms with Gasteiger partial charge in [-0.25, -0.2) is 4.79 Å². The Morgan fingerprint density at radius 2 is 2.04 bits per heavy atom. The van der Waals surface area contributed by atoms with Gasteiger partial charge in [-0.05, 0) is 35.6 Å². The Morgan fingerprint density at radius 3 is 2.70 bits per heavy atom. The molecule has 0 bridgehead atoms. The number of benzene rings is 1. The van der Waals surface area contributed by atoms with Gasteiger partial charge in [-0.2, -0.15) is 0 Å². The zero-order valence-electron chi connectivity index (χ0n) is 15.9. The van der Waals surface area contributed by atoms with E-state index in [1.54, 1.807) is 19.0 Å². The molecule has 1 aromatic rings. The van der Waals surface area contributed by atoms with Gasteiger partial charge in [0.15, 0.2) is 0 Å². The highest BCUT2D eigenvalue weighted by atomic mass is 35.5. The third-order valence-electron chi connectivity index (χ3n) is 5.31. The van der Waals surface area contributed by atoms with Gasteiger partial charge in [0.1, 0.15) is 11.5 Å². The fraction of sp³-hybridized carbons (Fsp3) is 0.474. The molecule has 2 N–H and O–H groups in total. The van der Waals surface area contributed by atoms with E-state index in [-0.39, 0.29) is 6.03 Å². The highest BCUT2D eigenvalue weighted by molar-refractivity contribution is 6.27. The maximum absolute atomic E-state index is 12.3. The summed E-state index contributed by atoms with van der Waals surface area (Å²) in [5.41, 5.74) is 11.0. The van der Waals surface area contributed by atoms with Gasteiger partial charge < -0.3 is 25.0 Å². The molecular weight excluding hydrogens is 370 g/mol. The lowest BCUT2D eigenvalue weighted by Crippen LogP contribution is -2.47. The number of nitrogens with zero attached hydrogens (tertiary/aromatic N) is 2. The minimum Gasteiger partial charge on any atom is -0.468 e. The van der Waals surface area contributed by atoms with E-state index >= 15 is 0 Å². The van der Waals surface area contributed by atoms with Crippen LogP contribution in [0.2, 0.25) is 0 Å². The third kappa shape index (κ3) is 3.31. The van der Waals surface area contributed by atoms with E-state index in [0.29, 0.717) is 19.6 Å². The van der Waals surface area contributed by atoms with Gasteiger partial charge in [-0.1, -0.05) is 23.7 Å². The van der Waals surface area contributed by atoms with Crippen LogP contribution in [0.4, 0.5) is 4.79 Å². The van der Waals surface area contributed by atoms with Crippen LogP contribution in [0.1, 0.15) is 29.2 Å². The molecule has 0 spiro atoms. The number of ether oxygens (including phenoxy) is 2. The number of amides is 2. The van der Waals surface area contributed by atoms with E-state index in [1.165, 1.54) is 12.0 Å². The minimum atomic E-state index is -0.725. The third-order valence-corrected chi connectivity index (χ3v) is 5.83. The normalized spacial score (nSPS) is 20.8. The van der Waals surface area contributed by atoms with Crippen LogP contribution in [-0.2, 0) is 33.9 Å². The molecule has 1 aromatic carbocycles. The molecular formula is C19H24ClN3O4. The molecule has 3 rings (SSSR count). The number of urea groups is 1. The van der Waals surface area contributed by atoms with Crippen LogP contribution in [0.15, 0.2) is 17.8 Å². The number of hydrogen-bond donors (Lipinski definition) is 1. The maximum atomic E-state index is 12.3. The second kappa shape index (κ2) is 7.50. The molecule has 8 heteroatoms. The van der Waals surface area contributed by atoms with E-state index in [9.17, 15) is 9.59 Å². The largest absolute Gasteiger partial charge is 0.468 e. The van der Waals surface area contributed by atoms with Crippen LogP contribution in [-0.4, -0.2) is 54.5 Å². The first-order chi connectivity index (χ1) is 12.8. The number of hydrogen-bond acceptors (Lipinski definition) is 5. The number of carbonyl (C=O) groups is 2. The number of alkyl halides is 1. The quantitative estimate of drug-likeness (QED) is 0.480. The van der Waals surface area contributed by atoms with Crippen LogP contribution in [0, 0.1) is 0 Å². The highest BCUT2D eigenvalue weighted by Crippen LogP contribution is 2.39. The number of halogens is 1. The zero-order valence-corrected chi connectivity index (χ0v) is 16.7. The van der Waals surface area contributed by atoms with Crippen molar-refractivity contribution in [3.8, 4) is 0 Å².